The van der Waals surface area contributed by atoms with Crippen molar-refractivity contribution < 1.29 is 4.74 Å². The van der Waals surface area contributed by atoms with Crippen molar-refractivity contribution in [3.63, 3.8) is 0 Å². The molecule has 2 atom stereocenters. The highest BCUT2D eigenvalue weighted by Crippen LogP contribution is 2.42. The molecule has 1 aliphatic rings. The number of ether oxygens (including phenoxy) is 1. The van der Waals surface area contributed by atoms with Gasteiger partial charge in [0, 0.05) is 43.5 Å². The average molecular weight is 237 g/mol. The SMILES string of the molecule is CCOC1CC(NCCn2ccnc2)C1(C)C. The lowest BCUT2D eigenvalue weighted by molar-refractivity contribution is -0.114. The molecule has 4 nitrogen and oxygen atoms in total. The van der Waals surface area contributed by atoms with Crippen LogP contribution in [0.4, 0.5) is 0 Å². The van der Waals surface area contributed by atoms with Gasteiger partial charge in [-0.2, -0.15) is 0 Å². The molecule has 0 radical (unpaired) electrons. The van der Waals surface area contributed by atoms with Gasteiger partial charge in [-0.05, 0) is 13.3 Å². The van der Waals surface area contributed by atoms with E-state index in [1.54, 1.807) is 0 Å². The first-order valence-corrected chi connectivity index (χ1v) is 6.45. The third-order valence-electron chi connectivity index (χ3n) is 3.87. The standard InChI is InChI=1S/C13H23N3O/c1-4-17-12-9-11(13(12,2)3)15-6-8-16-7-5-14-10-16/h5,7,10-12,15H,4,6,8-9H2,1-3H3. The fourth-order valence-corrected chi connectivity index (χ4v) is 2.50. The molecule has 0 bridgehead atoms. The molecule has 17 heavy (non-hydrogen) atoms. The van der Waals surface area contributed by atoms with E-state index in [-0.39, 0.29) is 5.41 Å². The van der Waals surface area contributed by atoms with Gasteiger partial charge in [-0.25, -0.2) is 4.98 Å². The van der Waals surface area contributed by atoms with E-state index in [2.05, 4.69) is 35.6 Å². The fraction of sp³-hybridized carbons (Fsp3) is 0.769. The summed E-state index contributed by atoms with van der Waals surface area (Å²) < 4.78 is 7.82. The molecule has 1 aromatic heterocycles. The van der Waals surface area contributed by atoms with Crippen LogP contribution < -0.4 is 5.32 Å². The van der Waals surface area contributed by atoms with E-state index in [1.165, 1.54) is 0 Å². The van der Waals surface area contributed by atoms with Crippen molar-refractivity contribution in [2.75, 3.05) is 13.2 Å². The monoisotopic (exact) mass is 237 g/mol. The van der Waals surface area contributed by atoms with Gasteiger partial charge in [0.15, 0.2) is 0 Å². The lowest BCUT2D eigenvalue weighted by atomic mass is 9.64. The van der Waals surface area contributed by atoms with Gasteiger partial charge < -0.3 is 14.6 Å². The molecule has 0 amide bonds. The maximum absolute atomic E-state index is 5.72. The minimum atomic E-state index is 0.255. The van der Waals surface area contributed by atoms with Crippen LogP contribution in [0.1, 0.15) is 27.2 Å². The average Bonchev–Trinajstić information content (AvgIpc) is 2.80. The maximum Gasteiger partial charge on any atom is 0.0946 e. The fourth-order valence-electron chi connectivity index (χ4n) is 2.50. The molecule has 1 fully saturated rings. The Kier molecular flexibility index (Phi) is 3.84. The molecule has 0 saturated heterocycles. The van der Waals surface area contributed by atoms with Crippen LogP contribution in [0.5, 0.6) is 0 Å². The highest BCUT2D eigenvalue weighted by molar-refractivity contribution is 5.02. The van der Waals surface area contributed by atoms with Gasteiger partial charge in [-0.1, -0.05) is 13.8 Å². The summed E-state index contributed by atoms with van der Waals surface area (Å²) in [4.78, 5) is 4.03. The molecule has 0 aromatic carbocycles. The Morgan fingerprint density at radius 2 is 2.35 bits per heavy atom. The molecule has 1 saturated carbocycles. The molecule has 96 valence electrons. The first-order valence-electron chi connectivity index (χ1n) is 6.45. The van der Waals surface area contributed by atoms with E-state index >= 15 is 0 Å². The Bertz CT molecular complexity index is 334. The van der Waals surface area contributed by atoms with Gasteiger partial charge in [0.05, 0.1) is 12.4 Å². The number of nitrogens with one attached hydrogen (secondary N) is 1. The van der Waals surface area contributed by atoms with E-state index in [0.717, 1.165) is 26.1 Å². The Morgan fingerprint density at radius 3 is 2.94 bits per heavy atom. The van der Waals surface area contributed by atoms with Gasteiger partial charge in [-0.15, -0.1) is 0 Å². The summed E-state index contributed by atoms with van der Waals surface area (Å²) in [5.41, 5.74) is 0.255. The van der Waals surface area contributed by atoms with Crippen molar-refractivity contribution >= 4 is 0 Å². The Balaban J connectivity index is 1.71. The largest absolute Gasteiger partial charge is 0.378 e. The van der Waals surface area contributed by atoms with Crippen molar-refractivity contribution in [1.29, 1.82) is 0 Å². The van der Waals surface area contributed by atoms with Crippen LogP contribution in [-0.4, -0.2) is 34.8 Å². The summed E-state index contributed by atoms with van der Waals surface area (Å²) in [7, 11) is 0. The van der Waals surface area contributed by atoms with Crippen molar-refractivity contribution in [3.8, 4) is 0 Å². The van der Waals surface area contributed by atoms with Crippen LogP contribution in [0.25, 0.3) is 0 Å². The molecule has 2 unspecified atom stereocenters. The van der Waals surface area contributed by atoms with E-state index < -0.39 is 0 Å². The lowest BCUT2D eigenvalue weighted by Crippen LogP contribution is -2.61. The minimum absolute atomic E-state index is 0.255. The zero-order valence-electron chi connectivity index (χ0n) is 11.0. The molecule has 4 heteroatoms. The molecule has 1 heterocycles. The van der Waals surface area contributed by atoms with Crippen molar-refractivity contribution in [1.82, 2.24) is 14.9 Å². The Labute approximate surface area is 103 Å². The van der Waals surface area contributed by atoms with Crippen LogP contribution in [0, 0.1) is 5.41 Å². The second-order valence-electron chi connectivity index (χ2n) is 5.31. The van der Waals surface area contributed by atoms with E-state index in [1.807, 2.05) is 18.7 Å². The van der Waals surface area contributed by atoms with Gasteiger partial charge in [0.25, 0.3) is 0 Å². The molecular weight excluding hydrogens is 214 g/mol. The number of hydrogen-bond donors (Lipinski definition) is 1. The first-order chi connectivity index (χ1) is 8.14. The minimum Gasteiger partial charge on any atom is -0.378 e. The number of nitrogens with zero attached hydrogens (tertiary/aromatic N) is 2. The predicted octanol–water partition coefficient (Wildman–Crippen LogP) is 1.68. The molecule has 1 aliphatic carbocycles. The predicted molar refractivity (Wildman–Crippen MR) is 67.8 cm³/mol. The summed E-state index contributed by atoms with van der Waals surface area (Å²) in [6.07, 6.45) is 7.22. The van der Waals surface area contributed by atoms with Crippen LogP contribution in [0.15, 0.2) is 18.7 Å². The van der Waals surface area contributed by atoms with Gasteiger partial charge in [-0.3, -0.25) is 0 Å². The summed E-state index contributed by atoms with van der Waals surface area (Å²) in [5, 5.41) is 3.61. The van der Waals surface area contributed by atoms with Crippen LogP contribution in [0.2, 0.25) is 0 Å². The van der Waals surface area contributed by atoms with Crippen molar-refractivity contribution in [3.05, 3.63) is 18.7 Å². The van der Waals surface area contributed by atoms with Gasteiger partial charge in [0.2, 0.25) is 0 Å². The topological polar surface area (TPSA) is 39.1 Å². The van der Waals surface area contributed by atoms with Crippen LogP contribution in [0.3, 0.4) is 0 Å². The molecule has 0 spiro atoms. The number of hydrogen-bond acceptors (Lipinski definition) is 3. The lowest BCUT2D eigenvalue weighted by Gasteiger charge is -2.52. The van der Waals surface area contributed by atoms with Gasteiger partial charge >= 0.3 is 0 Å². The summed E-state index contributed by atoms with van der Waals surface area (Å²) >= 11 is 0. The Morgan fingerprint density at radius 1 is 1.53 bits per heavy atom. The normalized spacial score (nSPS) is 26.8. The summed E-state index contributed by atoms with van der Waals surface area (Å²) in [6.45, 7) is 9.42. The highest BCUT2D eigenvalue weighted by Gasteiger charge is 2.48. The summed E-state index contributed by atoms with van der Waals surface area (Å²) in [6, 6.07) is 0.572. The molecule has 2 rings (SSSR count). The molecule has 1 N–H and O–H groups in total. The maximum atomic E-state index is 5.72. The summed E-state index contributed by atoms with van der Waals surface area (Å²) in [5.74, 6) is 0. The van der Waals surface area contributed by atoms with Crippen LogP contribution >= 0.6 is 0 Å². The number of rotatable bonds is 6. The second-order valence-corrected chi connectivity index (χ2v) is 5.31. The zero-order chi connectivity index (χ0) is 12.3. The third-order valence-corrected chi connectivity index (χ3v) is 3.87. The van der Waals surface area contributed by atoms with Crippen LogP contribution in [-0.2, 0) is 11.3 Å². The smallest absolute Gasteiger partial charge is 0.0946 e. The van der Waals surface area contributed by atoms with Crippen molar-refractivity contribution in [2.24, 2.45) is 5.41 Å². The van der Waals surface area contributed by atoms with E-state index in [9.17, 15) is 0 Å². The number of imidazole rings is 1. The van der Waals surface area contributed by atoms with Crippen molar-refractivity contribution in [2.45, 2.75) is 45.9 Å². The zero-order valence-corrected chi connectivity index (χ0v) is 11.0. The van der Waals surface area contributed by atoms with E-state index in [4.69, 9.17) is 4.74 Å². The van der Waals surface area contributed by atoms with E-state index in [0.29, 0.717) is 12.1 Å². The quantitative estimate of drug-likeness (QED) is 0.818. The molecular formula is C13H23N3O. The Hall–Kier alpha value is -0.870. The first kappa shape index (κ1) is 12.6. The molecule has 1 aromatic rings. The van der Waals surface area contributed by atoms with Gasteiger partial charge in [0.1, 0.15) is 0 Å². The number of aromatic nitrogens is 2. The highest BCUT2D eigenvalue weighted by atomic mass is 16.5. The second kappa shape index (κ2) is 5.19. The molecule has 0 aliphatic heterocycles. The third kappa shape index (κ3) is 2.69.